The molecule has 2 atom stereocenters. The van der Waals surface area contributed by atoms with Gasteiger partial charge in [-0.2, -0.15) is 0 Å². The van der Waals surface area contributed by atoms with Gasteiger partial charge in [-0.15, -0.1) is 0 Å². The number of piperidine rings is 1. The molecule has 8 heteroatoms. The maximum Gasteiger partial charge on any atom is 0.245 e. The lowest BCUT2D eigenvalue weighted by Crippen LogP contribution is -2.60. The molecule has 1 aromatic heterocycles. The molecule has 1 aliphatic rings. The lowest BCUT2D eigenvalue weighted by molar-refractivity contribution is -0.156. The van der Waals surface area contributed by atoms with Crippen molar-refractivity contribution in [3.05, 3.63) is 53.1 Å². The third kappa shape index (κ3) is 4.99. The Labute approximate surface area is 194 Å². The number of likely N-dealkylation sites (tertiary alicyclic amines) is 1. The fourth-order valence-electron chi connectivity index (χ4n) is 4.43. The highest BCUT2D eigenvalue weighted by atomic mass is 35.5. The molecule has 174 valence electrons. The van der Waals surface area contributed by atoms with Gasteiger partial charge in [-0.1, -0.05) is 51.4 Å². The Morgan fingerprint density at radius 2 is 1.91 bits per heavy atom. The van der Waals surface area contributed by atoms with E-state index in [-0.39, 0.29) is 24.2 Å². The van der Waals surface area contributed by atoms with Crippen LogP contribution in [0.3, 0.4) is 0 Å². The van der Waals surface area contributed by atoms with Crippen molar-refractivity contribution in [3.8, 4) is 0 Å². The Morgan fingerprint density at radius 3 is 2.44 bits per heavy atom. The number of hydrogen-bond donors (Lipinski definition) is 2. The van der Waals surface area contributed by atoms with E-state index < -0.39 is 17.1 Å². The molecule has 0 aliphatic carbocycles. The van der Waals surface area contributed by atoms with Crippen molar-refractivity contribution in [3.63, 3.8) is 0 Å². The van der Waals surface area contributed by atoms with E-state index in [4.69, 9.17) is 11.6 Å². The Hall–Kier alpha value is -2.38. The Bertz CT molecular complexity index is 970. The average Bonchev–Trinajstić information content (AvgIpc) is 3.12. The average molecular weight is 461 g/mol. The molecule has 0 radical (unpaired) electrons. The van der Waals surface area contributed by atoms with Crippen molar-refractivity contribution in [2.45, 2.75) is 52.2 Å². The van der Waals surface area contributed by atoms with Gasteiger partial charge in [-0.3, -0.25) is 9.59 Å². The summed E-state index contributed by atoms with van der Waals surface area (Å²) in [6.07, 6.45) is 3.96. The van der Waals surface area contributed by atoms with Crippen LogP contribution in [-0.4, -0.2) is 50.5 Å². The maximum absolute atomic E-state index is 13.4. The van der Waals surface area contributed by atoms with Gasteiger partial charge in [0.25, 0.3) is 0 Å². The van der Waals surface area contributed by atoms with E-state index in [1.54, 1.807) is 34.1 Å². The molecule has 2 heterocycles. The number of benzene rings is 1. The molecule has 1 aliphatic heterocycles. The molecule has 1 saturated heterocycles. The van der Waals surface area contributed by atoms with Crippen LogP contribution < -0.4 is 5.32 Å². The number of carbonyl (C=O) groups excluding carboxylic acids is 2. The second kappa shape index (κ2) is 9.24. The van der Waals surface area contributed by atoms with Crippen molar-refractivity contribution in [2.75, 3.05) is 13.1 Å². The number of nitrogens with one attached hydrogen (secondary N) is 1. The van der Waals surface area contributed by atoms with Crippen LogP contribution in [-0.2, 0) is 28.7 Å². The fraction of sp³-hybridized carbons (Fsp3) is 0.542. The minimum absolute atomic E-state index is 0.0737. The molecule has 2 aromatic rings. The van der Waals surface area contributed by atoms with Crippen LogP contribution >= 0.6 is 11.6 Å². The van der Waals surface area contributed by atoms with Crippen molar-refractivity contribution in [1.82, 2.24) is 19.8 Å². The van der Waals surface area contributed by atoms with E-state index in [0.717, 1.165) is 5.56 Å². The summed E-state index contributed by atoms with van der Waals surface area (Å²) in [6.45, 7) is 8.55. The predicted octanol–water partition coefficient (Wildman–Crippen LogP) is 2.90. The van der Waals surface area contributed by atoms with Gasteiger partial charge >= 0.3 is 0 Å². The van der Waals surface area contributed by atoms with Crippen LogP contribution in [0.1, 0.15) is 45.4 Å². The van der Waals surface area contributed by atoms with Crippen LogP contribution in [0.5, 0.6) is 0 Å². The summed E-state index contributed by atoms with van der Waals surface area (Å²) in [5.74, 6) is -0.430. The van der Waals surface area contributed by atoms with E-state index in [1.165, 1.54) is 0 Å². The number of imidazole rings is 1. The number of carbonyl (C=O) groups is 2. The molecule has 0 bridgehead atoms. The lowest BCUT2D eigenvalue weighted by atomic mass is 9.66. The minimum Gasteiger partial charge on any atom is -0.384 e. The standard InChI is InChI=1S/C24H33ClN4O3/c1-16(2)21(27-20(30)12-19-13-28(5)15-26-19)22(31)29-11-10-24(32,23(3,4)14-29)17-6-8-18(25)9-7-17/h6-9,13,15-16,21,32H,10-12,14H2,1-5H3,(H,27,30)/t21-,24+/m1/s1. The number of nitrogens with zero attached hydrogens (tertiary/aromatic N) is 3. The van der Waals surface area contributed by atoms with Gasteiger partial charge in [-0.05, 0) is 30.0 Å². The first-order chi connectivity index (χ1) is 14.9. The number of aliphatic hydroxyl groups is 1. The van der Waals surface area contributed by atoms with E-state index in [0.29, 0.717) is 30.2 Å². The summed E-state index contributed by atoms with van der Waals surface area (Å²) in [5.41, 5.74) is -0.215. The van der Waals surface area contributed by atoms with Gasteiger partial charge in [0.2, 0.25) is 11.8 Å². The second-order valence-electron chi connectivity index (χ2n) is 9.76. The maximum atomic E-state index is 13.4. The number of halogens is 1. The Kier molecular flexibility index (Phi) is 7.00. The number of aromatic nitrogens is 2. The van der Waals surface area contributed by atoms with Crippen LogP contribution in [0, 0.1) is 11.3 Å². The molecular formula is C24H33ClN4O3. The first-order valence-electron chi connectivity index (χ1n) is 11.0. The van der Waals surface area contributed by atoms with Crippen LogP contribution in [0.2, 0.25) is 5.02 Å². The molecule has 7 nitrogen and oxygen atoms in total. The first-order valence-corrected chi connectivity index (χ1v) is 11.3. The van der Waals surface area contributed by atoms with Gasteiger partial charge in [0.05, 0.1) is 24.0 Å². The summed E-state index contributed by atoms with van der Waals surface area (Å²) in [7, 11) is 1.85. The molecule has 0 spiro atoms. The predicted molar refractivity (Wildman–Crippen MR) is 124 cm³/mol. The monoisotopic (exact) mass is 460 g/mol. The van der Waals surface area contributed by atoms with Gasteiger partial charge in [0.15, 0.2) is 0 Å². The van der Waals surface area contributed by atoms with E-state index >= 15 is 0 Å². The fourth-order valence-corrected chi connectivity index (χ4v) is 4.55. The highest BCUT2D eigenvalue weighted by molar-refractivity contribution is 6.30. The molecule has 3 rings (SSSR count). The van der Waals surface area contributed by atoms with Crippen LogP contribution in [0.4, 0.5) is 0 Å². The summed E-state index contributed by atoms with van der Waals surface area (Å²) in [4.78, 5) is 31.9. The molecular weight excluding hydrogens is 428 g/mol. The van der Waals surface area contributed by atoms with E-state index in [9.17, 15) is 14.7 Å². The molecule has 0 saturated carbocycles. The number of rotatable bonds is 6. The molecule has 2 amide bonds. The highest BCUT2D eigenvalue weighted by Gasteiger charge is 2.50. The zero-order valence-corrected chi connectivity index (χ0v) is 20.2. The zero-order chi connectivity index (χ0) is 23.7. The van der Waals surface area contributed by atoms with Gasteiger partial charge in [0.1, 0.15) is 6.04 Å². The van der Waals surface area contributed by atoms with Crippen molar-refractivity contribution in [2.24, 2.45) is 18.4 Å². The second-order valence-corrected chi connectivity index (χ2v) is 10.2. The SMILES string of the molecule is CC(C)[C@@H](NC(=O)Cc1cn(C)cn1)C(=O)N1CC[C@](O)(c2ccc(Cl)cc2)C(C)(C)C1. The summed E-state index contributed by atoms with van der Waals surface area (Å²) in [5, 5.41) is 15.1. The Morgan fingerprint density at radius 1 is 1.25 bits per heavy atom. The normalized spacial score (nSPS) is 21.4. The van der Waals surface area contributed by atoms with Crippen LogP contribution in [0.15, 0.2) is 36.8 Å². The van der Waals surface area contributed by atoms with Crippen molar-refractivity contribution < 1.29 is 14.7 Å². The zero-order valence-electron chi connectivity index (χ0n) is 19.4. The summed E-state index contributed by atoms with van der Waals surface area (Å²) in [6, 6.07) is 6.60. The Balaban J connectivity index is 1.71. The van der Waals surface area contributed by atoms with Gasteiger partial charge in [-0.25, -0.2) is 4.98 Å². The molecule has 1 aromatic carbocycles. The third-order valence-corrected chi connectivity index (χ3v) is 6.68. The van der Waals surface area contributed by atoms with Crippen LogP contribution in [0.25, 0.3) is 0 Å². The largest absolute Gasteiger partial charge is 0.384 e. The van der Waals surface area contributed by atoms with Gasteiger partial charge in [0, 0.05) is 36.8 Å². The molecule has 2 N–H and O–H groups in total. The first kappa shape index (κ1) is 24.3. The quantitative estimate of drug-likeness (QED) is 0.693. The van der Waals surface area contributed by atoms with Gasteiger partial charge < -0.3 is 19.9 Å². The molecule has 0 unspecified atom stereocenters. The summed E-state index contributed by atoms with van der Waals surface area (Å²) >= 11 is 6.02. The number of amides is 2. The lowest BCUT2D eigenvalue weighted by Gasteiger charge is -2.51. The molecule has 1 fully saturated rings. The topological polar surface area (TPSA) is 87.5 Å². The summed E-state index contributed by atoms with van der Waals surface area (Å²) < 4.78 is 1.78. The number of aryl methyl sites for hydroxylation is 1. The minimum atomic E-state index is -1.08. The number of hydrogen-bond acceptors (Lipinski definition) is 4. The van der Waals surface area contributed by atoms with Crippen molar-refractivity contribution in [1.29, 1.82) is 0 Å². The van der Waals surface area contributed by atoms with E-state index in [1.807, 2.05) is 46.9 Å². The van der Waals surface area contributed by atoms with Crippen molar-refractivity contribution >= 4 is 23.4 Å². The third-order valence-electron chi connectivity index (χ3n) is 6.43. The highest BCUT2D eigenvalue weighted by Crippen LogP contribution is 2.46. The molecule has 32 heavy (non-hydrogen) atoms. The smallest absolute Gasteiger partial charge is 0.245 e. The van der Waals surface area contributed by atoms with E-state index in [2.05, 4.69) is 10.3 Å².